The van der Waals surface area contributed by atoms with Crippen LogP contribution in [0.4, 0.5) is 11.5 Å². The number of aromatic nitrogens is 2. The summed E-state index contributed by atoms with van der Waals surface area (Å²) < 4.78 is 5.50. The van der Waals surface area contributed by atoms with Crippen LogP contribution < -0.4 is 15.0 Å². The molecular formula is C17H22N4O2. The van der Waals surface area contributed by atoms with Crippen molar-refractivity contribution in [1.82, 2.24) is 9.97 Å². The first-order valence-corrected chi connectivity index (χ1v) is 7.79. The number of hydrogen-bond donors (Lipinski definition) is 1. The maximum absolute atomic E-state index is 12.3. The Bertz CT molecular complexity index is 639. The highest BCUT2D eigenvalue weighted by Crippen LogP contribution is 2.24. The van der Waals surface area contributed by atoms with E-state index in [1.165, 1.54) is 6.20 Å². The minimum Gasteiger partial charge on any atom is -0.492 e. The molecule has 0 aliphatic rings. The van der Waals surface area contributed by atoms with Gasteiger partial charge in [0.2, 0.25) is 0 Å². The van der Waals surface area contributed by atoms with Crippen LogP contribution in [-0.4, -0.2) is 35.6 Å². The largest absolute Gasteiger partial charge is 0.492 e. The van der Waals surface area contributed by atoms with Gasteiger partial charge in [-0.2, -0.15) is 0 Å². The molecule has 1 aromatic carbocycles. The zero-order valence-electron chi connectivity index (χ0n) is 13.7. The number of ether oxygens (including phenoxy) is 1. The van der Waals surface area contributed by atoms with Gasteiger partial charge in [-0.3, -0.25) is 4.79 Å². The van der Waals surface area contributed by atoms with Crippen LogP contribution in [0.25, 0.3) is 0 Å². The van der Waals surface area contributed by atoms with Crippen LogP contribution in [0.5, 0.6) is 5.75 Å². The van der Waals surface area contributed by atoms with Crippen LogP contribution in [0.2, 0.25) is 0 Å². The smallest absolute Gasteiger partial charge is 0.275 e. The van der Waals surface area contributed by atoms with Crippen molar-refractivity contribution in [3.05, 3.63) is 42.4 Å². The molecule has 0 saturated carbocycles. The van der Waals surface area contributed by atoms with Gasteiger partial charge in [-0.1, -0.05) is 12.1 Å². The number of nitrogens with one attached hydrogen (secondary N) is 1. The Balaban J connectivity index is 2.12. The Morgan fingerprint density at radius 3 is 2.48 bits per heavy atom. The van der Waals surface area contributed by atoms with Crippen LogP contribution in [-0.2, 0) is 0 Å². The van der Waals surface area contributed by atoms with E-state index in [0.29, 0.717) is 18.0 Å². The van der Waals surface area contributed by atoms with Crippen molar-refractivity contribution in [3.8, 4) is 5.75 Å². The molecule has 6 nitrogen and oxygen atoms in total. The molecule has 23 heavy (non-hydrogen) atoms. The zero-order chi connectivity index (χ0) is 16.7. The SMILES string of the molecule is CCOc1ccccc1NC(=O)c1cnc(N(CC)CC)cn1. The average Bonchev–Trinajstić information content (AvgIpc) is 2.58. The lowest BCUT2D eigenvalue weighted by Gasteiger charge is -2.19. The van der Waals surface area contributed by atoms with Crippen molar-refractivity contribution in [2.75, 3.05) is 29.9 Å². The molecule has 0 saturated heterocycles. The Hall–Kier alpha value is -2.63. The van der Waals surface area contributed by atoms with Gasteiger partial charge in [0.1, 0.15) is 17.3 Å². The van der Waals surface area contributed by atoms with E-state index in [2.05, 4.69) is 34.0 Å². The maximum Gasteiger partial charge on any atom is 0.275 e. The van der Waals surface area contributed by atoms with Gasteiger partial charge in [-0.05, 0) is 32.9 Å². The molecule has 0 atom stereocenters. The van der Waals surface area contributed by atoms with Crippen LogP contribution in [0.1, 0.15) is 31.3 Å². The summed E-state index contributed by atoms with van der Waals surface area (Å²) in [6.07, 6.45) is 3.11. The van der Waals surface area contributed by atoms with Crippen molar-refractivity contribution in [2.45, 2.75) is 20.8 Å². The molecule has 0 spiro atoms. The number of rotatable bonds is 7. The Morgan fingerprint density at radius 1 is 1.13 bits per heavy atom. The summed E-state index contributed by atoms with van der Waals surface area (Å²) in [5.74, 6) is 1.09. The summed E-state index contributed by atoms with van der Waals surface area (Å²) in [5.41, 5.74) is 0.890. The van der Waals surface area contributed by atoms with Gasteiger partial charge >= 0.3 is 0 Å². The second-order valence-electron chi connectivity index (χ2n) is 4.82. The van der Waals surface area contributed by atoms with Gasteiger partial charge in [-0.25, -0.2) is 9.97 Å². The highest BCUT2D eigenvalue weighted by molar-refractivity contribution is 6.03. The third-order valence-corrected chi connectivity index (χ3v) is 3.39. The highest BCUT2D eigenvalue weighted by atomic mass is 16.5. The monoisotopic (exact) mass is 314 g/mol. The van der Waals surface area contributed by atoms with Crippen molar-refractivity contribution < 1.29 is 9.53 Å². The van der Waals surface area contributed by atoms with E-state index < -0.39 is 0 Å². The Morgan fingerprint density at radius 2 is 1.87 bits per heavy atom. The lowest BCUT2D eigenvalue weighted by atomic mass is 10.3. The molecule has 0 radical (unpaired) electrons. The molecule has 0 fully saturated rings. The standard InChI is InChI=1S/C17H22N4O2/c1-4-21(5-2)16-12-18-14(11-19-16)17(22)20-13-9-7-8-10-15(13)23-6-3/h7-12H,4-6H2,1-3H3,(H,20,22). The summed E-state index contributed by atoms with van der Waals surface area (Å²) in [7, 11) is 0. The fourth-order valence-corrected chi connectivity index (χ4v) is 2.19. The number of benzene rings is 1. The summed E-state index contributed by atoms with van der Waals surface area (Å²) >= 11 is 0. The maximum atomic E-state index is 12.3. The van der Waals surface area contributed by atoms with Crippen LogP contribution in [0.15, 0.2) is 36.7 Å². The first-order chi connectivity index (χ1) is 11.2. The molecule has 0 unspecified atom stereocenters. The molecule has 2 aromatic rings. The third-order valence-electron chi connectivity index (χ3n) is 3.39. The quantitative estimate of drug-likeness (QED) is 0.851. The fourth-order valence-electron chi connectivity index (χ4n) is 2.19. The minimum atomic E-state index is -0.309. The van der Waals surface area contributed by atoms with Crippen molar-refractivity contribution in [2.24, 2.45) is 0 Å². The first kappa shape index (κ1) is 16.7. The van der Waals surface area contributed by atoms with Gasteiger partial charge in [0.15, 0.2) is 0 Å². The molecule has 1 N–H and O–H groups in total. The average molecular weight is 314 g/mol. The van der Waals surface area contributed by atoms with Crippen LogP contribution in [0.3, 0.4) is 0 Å². The van der Waals surface area contributed by atoms with E-state index in [4.69, 9.17) is 4.74 Å². The van der Waals surface area contributed by atoms with Gasteiger partial charge < -0.3 is 15.0 Å². The highest BCUT2D eigenvalue weighted by Gasteiger charge is 2.12. The van der Waals surface area contributed by atoms with E-state index >= 15 is 0 Å². The Labute approximate surface area is 136 Å². The zero-order valence-corrected chi connectivity index (χ0v) is 13.7. The molecule has 1 amide bonds. The third kappa shape index (κ3) is 4.18. The number of amides is 1. The van der Waals surface area contributed by atoms with E-state index in [1.54, 1.807) is 12.3 Å². The fraction of sp³-hybridized carbons (Fsp3) is 0.353. The topological polar surface area (TPSA) is 67.3 Å². The lowest BCUT2D eigenvalue weighted by molar-refractivity contribution is 0.102. The first-order valence-electron chi connectivity index (χ1n) is 7.79. The van der Waals surface area contributed by atoms with E-state index in [0.717, 1.165) is 18.9 Å². The second kappa shape index (κ2) is 8.12. The molecule has 0 aliphatic heterocycles. The van der Waals surface area contributed by atoms with E-state index in [-0.39, 0.29) is 11.6 Å². The lowest BCUT2D eigenvalue weighted by Crippen LogP contribution is -2.23. The number of anilines is 2. The molecular weight excluding hydrogens is 292 g/mol. The predicted molar refractivity (Wildman–Crippen MR) is 91.2 cm³/mol. The van der Waals surface area contributed by atoms with Crippen molar-refractivity contribution in [1.29, 1.82) is 0 Å². The normalized spacial score (nSPS) is 10.2. The molecule has 6 heteroatoms. The Kier molecular flexibility index (Phi) is 5.91. The van der Waals surface area contributed by atoms with E-state index in [1.807, 2.05) is 25.1 Å². The summed E-state index contributed by atoms with van der Waals surface area (Å²) in [5, 5.41) is 2.81. The molecule has 0 bridgehead atoms. The summed E-state index contributed by atoms with van der Waals surface area (Å²) in [6.45, 7) is 8.23. The molecule has 1 heterocycles. The number of carbonyl (C=O) groups is 1. The van der Waals surface area contributed by atoms with Gasteiger partial charge in [0, 0.05) is 13.1 Å². The molecule has 1 aromatic heterocycles. The number of nitrogens with zero attached hydrogens (tertiary/aromatic N) is 3. The van der Waals surface area contributed by atoms with Crippen molar-refractivity contribution in [3.63, 3.8) is 0 Å². The minimum absolute atomic E-state index is 0.271. The summed E-state index contributed by atoms with van der Waals surface area (Å²) in [6, 6.07) is 7.31. The van der Waals surface area contributed by atoms with Crippen LogP contribution >= 0.6 is 0 Å². The van der Waals surface area contributed by atoms with Gasteiger partial charge in [0.25, 0.3) is 5.91 Å². The predicted octanol–water partition coefficient (Wildman–Crippen LogP) is 2.97. The van der Waals surface area contributed by atoms with Crippen molar-refractivity contribution >= 4 is 17.4 Å². The van der Waals surface area contributed by atoms with Gasteiger partial charge in [0.05, 0.1) is 24.7 Å². The number of hydrogen-bond acceptors (Lipinski definition) is 5. The van der Waals surface area contributed by atoms with E-state index in [9.17, 15) is 4.79 Å². The molecule has 2 rings (SSSR count). The van der Waals surface area contributed by atoms with Crippen LogP contribution in [0, 0.1) is 0 Å². The van der Waals surface area contributed by atoms with Gasteiger partial charge in [-0.15, -0.1) is 0 Å². The number of para-hydroxylation sites is 2. The summed E-state index contributed by atoms with van der Waals surface area (Å²) in [4.78, 5) is 22.9. The number of carbonyl (C=O) groups excluding carboxylic acids is 1. The second-order valence-corrected chi connectivity index (χ2v) is 4.82. The molecule has 0 aliphatic carbocycles. The molecule has 122 valence electrons.